The van der Waals surface area contributed by atoms with Crippen LogP contribution in [-0.4, -0.2) is 13.7 Å². The fourth-order valence-corrected chi connectivity index (χ4v) is 0.376. The van der Waals surface area contributed by atoms with Crippen molar-refractivity contribution in [3.63, 3.8) is 0 Å². The van der Waals surface area contributed by atoms with Gasteiger partial charge in [-0.2, -0.15) is 0 Å². The summed E-state index contributed by atoms with van der Waals surface area (Å²) >= 11 is 0. The summed E-state index contributed by atoms with van der Waals surface area (Å²) in [6.45, 7) is 2.98. The van der Waals surface area contributed by atoms with Crippen LogP contribution in [0, 0.1) is 0 Å². The first-order chi connectivity index (χ1) is 4.41. The topological polar surface area (TPSA) is 46.0 Å². The van der Waals surface area contributed by atoms with E-state index < -0.39 is 0 Å². The normalized spacial score (nSPS) is 10.0. The Kier molecular flexibility index (Phi) is 6.56. The first-order valence-corrected chi connectivity index (χ1v) is 3.08. The Hall–Kier alpha value is -0.800. The fraction of sp³-hybridized carbons (Fsp3) is 1.00. The molecule has 0 aliphatic carbocycles. The van der Waals surface area contributed by atoms with Gasteiger partial charge in [0, 0.05) is 11.8 Å². The number of nitrogens with zero attached hydrogens (tertiary/aromatic N) is 2. The van der Waals surface area contributed by atoms with Gasteiger partial charge in [0.2, 0.25) is 0 Å². The first-order valence-electron chi connectivity index (χ1n) is 3.08. The zero-order valence-electron chi connectivity index (χ0n) is 5.92. The third kappa shape index (κ3) is 7.20. The van der Waals surface area contributed by atoms with Crippen molar-refractivity contribution in [1.29, 1.82) is 0 Å². The molecule has 4 heteroatoms. The van der Waals surface area contributed by atoms with Gasteiger partial charge >= 0.3 is 0 Å². The van der Waals surface area contributed by atoms with Crippen LogP contribution in [0.4, 0.5) is 0 Å². The van der Waals surface area contributed by atoms with E-state index in [0.717, 1.165) is 19.4 Å². The third-order valence-electron chi connectivity index (χ3n) is 0.835. The minimum absolute atomic E-state index is 0.864. The zero-order valence-corrected chi connectivity index (χ0v) is 5.92. The molecule has 0 fully saturated rings. The second-order valence-electron chi connectivity index (χ2n) is 1.63. The van der Waals surface area contributed by atoms with Crippen LogP contribution in [0.2, 0.25) is 0 Å². The molecule has 1 N–H and O–H groups in total. The third-order valence-corrected chi connectivity index (χ3v) is 0.835. The summed E-state index contributed by atoms with van der Waals surface area (Å²) in [6.07, 6.45) is 2.28. The maximum Gasteiger partial charge on any atom is 0.108 e. The van der Waals surface area contributed by atoms with Gasteiger partial charge in [0.25, 0.3) is 0 Å². The van der Waals surface area contributed by atoms with E-state index >= 15 is 0 Å². The van der Waals surface area contributed by atoms with Crippen LogP contribution in [0.1, 0.15) is 19.8 Å². The molecule has 0 bridgehead atoms. The average Bonchev–Trinajstić information content (AvgIpc) is 1.89. The van der Waals surface area contributed by atoms with Crippen molar-refractivity contribution in [2.24, 2.45) is 10.5 Å². The number of hydrogen-bond acceptors (Lipinski definition) is 3. The molecule has 0 spiro atoms. The largest absolute Gasteiger partial charge is 0.382 e. The molecule has 0 atom stereocenters. The van der Waals surface area contributed by atoms with E-state index in [9.17, 15) is 0 Å². The summed E-state index contributed by atoms with van der Waals surface area (Å²) in [5, 5.41) is 6.74. The SMILES string of the molecule is CCCCN/N=N\OC. The number of unbranched alkanes of at least 4 members (excludes halogenated alkanes) is 1. The van der Waals surface area contributed by atoms with Crippen LogP contribution in [0.5, 0.6) is 0 Å². The van der Waals surface area contributed by atoms with Gasteiger partial charge in [-0.3, -0.25) is 5.43 Å². The molecule has 0 aliphatic heterocycles. The highest BCUT2D eigenvalue weighted by molar-refractivity contribution is 4.34. The van der Waals surface area contributed by atoms with Gasteiger partial charge in [0.1, 0.15) is 7.11 Å². The molecule has 4 nitrogen and oxygen atoms in total. The van der Waals surface area contributed by atoms with E-state index in [2.05, 4.69) is 27.7 Å². The monoisotopic (exact) mass is 131 g/mol. The van der Waals surface area contributed by atoms with Crippen LogP contribution in [0.25, 0.3) is 0 Å². The predicted octanol–water partition coefficient (Wildman–Crippen LogP) is 1.30. The van der Waals surface area contributed by atoms with Crippen LogP contribution in [-0.2, 0) is 4.84 Å². The van der Waals surface area contributed by atoms with E-state index in [1.54, 1.807) is 0 Å². The lowest BCUT2D eigenvalue weighted by Crippen LogP contribution is -2.05. The molecule has 0 aromatic carbocycles. The summed E-state index contributed by atoms with van der Waals surface area (Å²) in [5.74, 6) is 0. The van der Waals surface area contributed by atoms with E-state index in [1.807, 2.05) is 0 Å². The predicted molar refractivity (Wildman–Crippen MR) is 34.8 cm³/mol. The quantitative estimate of drug-likeness (QED) is 0.347. The van der Waals surface area contributed by atoms with Gasteiger partial charge in [-0.15, -0.1) is 0 Å². The van der Waals surface area contributed by atoms with Crippen LogP contribution in [0.3, 0.4) is 0 Å². The standard InChI is InChI=1S/C5H13N3O/c1-3-4-5-6-7-8-9-2/h3-5H2,1-2H3,(H,6,8). The van der Waals surface area contributed by atoms with E-state index in [0.29, 0.717) is 0 Å². The molecule has 0 rings (SSSR count). The Morgan fingerprint density at radius 3 is 2.89 bits per heavy atom. The lowest BCUT2D eigenvalue weighted by atomic mass is 10.3. The Labute approximate surface area is 55.2 Å². The van der Waals surface area contributed by atoms with Crippen LogP contribution < -0.4 is 5.43 Å². The molecular weight excluding hydrogens is 118 g/mol. The molecule has 0 saturated carbocycles. The summed E-state index contributed by atoms with van der Waals surface area (Å²) in [5.41, 5.74) is 2.72. The van der Waals surface area contributed by atoms with Gasteiger partial charge in [-0.1, -0.05) is 13.3 Å². The Morgan fingerprint density at radius 1 is 1.56 bits per heavy atom. The molecule has 0 aromatic heterocycles. The minimum atomic E-state index is 0.864. The van der Waals surface area contributed by atoms with Crippen molar-refractivity contribution in [2.75, 3.05) is 13.7 Å². The molecular formula is C5H13N3O. The van der Waals surface area contributed by atoms with E-state index in [4.69, 9.17) is 0 Å². The average molecular weight is 131 g/mol. The minimum Gasteiger partial charge on any atom is -0.382 e. The highest BCUT2D eigenvalue weighted by Gasteiger charge is 1.77. The van der Waals surface area contributed by atoms with Gasteiger partial charge in [-0.05, 0) is 11.6 Å². The number of nitrogens with one attached hydrogen (secondary N) is 1. The number of rotatable bonds is 5. The van der Waals surface area contributed by atoms with Gasteiger partial charge in [0.05, 0.1) is 0 Å². The van der Waals surface area contributed by atoms with Gasteiger partial charge < -0.3 is 4.84 Å². The second kappa shape index (κ2) is 7.20. The molecule has 9 heavy (non-hydrogen) atoms. The molecule has 0 radical (unpaired) electrons. The molecule has 0 aliphatic rings. The van der Waals surface area contributed by atoms with E-state index in [1.165, 1.54) is 7.11 Å². The molecule has 54 valence electrons. The molecule has 0 aromatic rings. The summed E-state index contributed by atoms with van der Waals surface area (Å²) in [6, 6.07) is 0. The lowest BCUT2D eigenvalue weighted by Gasteiger charge is -1.93. The van der Waals surface area contributed by atoms with Crippen molar-refractivity contribution < 1.29 is 4.84 Å². The molecule has 0 heterocycles. The van der Waals surface area contributed by atoms with Crippen LogP contribution >= 0.6 is 0 Å². The maximum absolute atomic E-state index is 4.32. The molecule has 0 unspecified atom stereocenters. The first kappa shape index (κ1) is 8.20. The Balaban J connectivity index is 2.82. The Morgan fingerprint density at radius 2 is 2.33 bits per heavy atom. The van der Waals surface area contributed by atoms with Crippen molar-refractivity contribution in [3.05, 3.63) is 0 Å². The second-order valence-corrected chi connectivity index (χ2v) is 1.63. The maximum atomic E-state index is 4.32. The zero-order chi connectivity index (χ0) is 6.95. The van der Waals surface area contributed by atoms with Gasteiger partial charge in [0.15, 0.2) is 0 Å². The van der Waals surface area contributed by atoms with E-state index in [-0.39, 0.29) is 0 Å². The van der Waals surface area contributed by atoms with Gasteiger partial charge in [-0.25, -0.2) is 0 Å². The number of hydrogen-bond donors (Lipinski definition) is 1. The summed E-state index contributed by atoms with van der Waals surface area (Å²) < 4.78 is 0. The highest BCUT2D eigenvalue weighted by Crippen LogP contribution is 1.81. The summed E-state index contributed by atoms with van der Waals surface area (Å²) in [4.78, 5) is 4.32. The van der Waals surface area contributed by atoms with Crippen LogP contribution in [0.15, 0.2) is 10.5 Å². The van der Waals surface area contributed by atoms with Crippen molar-refractivity contribution >= 4 is 0 Å². The fourth-order valence-electron chi connectivity index (χ4n) is 0.376. The summed E-state index contributed by atoms with van der Waals surface area (Å²) in [7, 11) is 1.46. The highest BCUT2D eigenvalue weighted by atomic mass is 16.6. The molecule has 0 saturated heterocycles. The lowest BCUT2D eigenvalue weighted by molar-refractivity contribution is 0.180. The van der Waals surface area contributed by atoms with Crippen molar-refractivity contribution in [2.45, 2.75) is 19.8 Å². The molecule has 0 amide bonds. The van der Waals surface area contributed by atoms with Crippen molar-refractivity contribution in [1.82, 2.24) is 5.43 Å². The Bertz CT molecular complexity index is 74.6. The smallest absolute Gasteiger partial charge is 0.108 e. The van der Waals surface area contributed by atoms with Crippen molar-refractivity contribution in [3.8, 4) is 0 Å².